The molecule has 0 fully saturated rings. The van der Waals surface area contributed by atoms with Gasteiger partial charge in [0, 0.05) is 31.9 Å². The highest BCUT2D eigenvalue weighted by Gasteiger charge is 2.24. The van der Waals surface area contributed by atoms with E-state index in [1.165, 1.54) is 38.4 Å². The third-order valence-corrected chi connectivity index (χ3v) is 6.31. The average Bonchev–Trinajstić information content (AvgIpc) is 3.10. The molecule has 8 heteroatoms. The minimum Gasteiger partial charge on any atom is -0.343 e. The van der Waals surface area contributed by atoms with Crippen LogP contribution in [0.25, 0.3) is 0 Å². The van der Waals surface area contributed by atoms with Gasteiger partial charge in [-0.05, 0) is 42.3 Å². The lowest BCUT2D eigenvalue weighted by molar-refractivity contribution is -0.117. The van der Waals surface area contributed by atoms with Crippen molar-refractivity contribution in [2.24, 2.45) is 0 Å². The van der Waals surface area contributed by atoms with Crippen molar-refractivity contribution in [1.29, 1.82) is 0 Å². The summed E-state index contributed by atoms with van der Waals surface area (Å²) in [5, 5.41) is 2.60. The van der Waals surface area contributed by atoms with E-state index in [1.54, 1.807) is 4.90 Å². The fourth-order valence-corrected chi connectivity index (χ4v) is 3.84. The highest BCUT2D eigenvalue weighted by atomic mass is 32.2. The summed E-state index contributed by atoms with van der Waals surface area (Å²) in [6, 6.07) is 13.3. The van der Waals surface area contributed by atoms with E-state index < -0.39 is 15.9 Å². The van der Waals surface area contributed by atoms with Gasteiger partial charge in [0.2, 0.25) is 15.9 Å². The fourth-order valence-electron chi connectivity index (χ4n) is 2.94. The molecule has 0 spiro atoms. The minimum absolute atomic E-state index is 0.105. The van der Waals surface area contributed by atoms with Gasteiger partial charge in [-0.15, -0.1) is 0 Å². The van der Waals surface area contributed by atoms with Crippen LogP contribution in [-0.4, -0.2) is 51.7 Å². The zero-order valence-electron chi connectivity index (χ0n) is 15.2. The molecule has 1 N–H and O–H groups in total. The quantitative estimate of drug-likeness (QED) is 0.837. The normalized spacial score (nSPS) is 13.5. The Morgan fingerprint density at radius 2 is 1.74 bits per heavy atom. The van der Waals surface area contributed by atoms with Crippen molar-refractivity contribution in [2.75, 3.05) is 32.1 Å². The van der Waals surface area contributed by atoms with E-state index in [0.29, 0.717) is 12.1 Å². The largest absolute Gasteiger partial charge is 0.343 e. The smallest absolute Gasteiger partial charge is 0.251 e. The van der Waals surface area contributed by atoms with Crippen LogP contribution in [0.15, 0.2) is 53.4 Å². The Bertz CT molecular complexity index is 969. The maximum Gasteiger partial charge on any atom is 0.251 e. The van der Waals surface area contributed by atoms with E-state index in [4.69, 9.17) is 0 Å². The van der Waals surface area contributed by atoms with Gasteiger partial charge >= 0.3 is 0 Å². The lowest BCUT2D eigenvalue weighted by Crippen LogP contribution is -2.39. The predicted molar refractivity (Wildman–Crippen MR) is 102 cm³/mol. The fraction of sp³-hybridized carbons (Fsp3) is 0.263. The SMILES string of the molecule is CN(C)S(=O)(=O)c1ccc(C(=O)NCC(=O)N2CCc3ccccc32)cc1. The first-order chi connectivity index (χ1) is 12.8. The monoisotopic (exact) mass is 387 g/mol. The number of anilines is 1. The van der Waals surface area contributed by atoms with Gasteiger partial charge in [0.05, 0.1) is 11.4 Å². The van der Waals surface area contributed by atoms with E-state index in [9.17, 15) is 18.0 Å². The molecule has 2 aromatic carbocycles. The van der Waals surface area contributed by atoms with Crippen molar-refractivity contribution in [2.45, 2.75) is 11.3 Å². The second-order valence-electron chi connectivity index (χ2n) is 6.42. The van der Waals surface area contributed by atoms with Gasteiger partial charge in [0.15, 0.2) is 0 Å². The highest BCUT2D eigenvalue weighted by Crippen LogP contribution is 2.27. The number of fused-ring (bicyclic) bond motifs is 1. The molecule has 0 saturated carbocycles. The topological polar surface area (TPSA) is 86.8 Å². The first-order valence-electron chi connectivity index (χ1n) is 8.50. The molecule has 0 bridgehead atoms. The summed E-state index contributed by atoms with van der Waals surface area (Å²) in [4.78, 5) is 26.5. The number of nitrogens with one attached hydrogen (secondary N) is 1. The van der Waals surface area contributed by atoms with Gasteiger partial charge in [-0.2, -0.15) is 0 Å². The number of sulfonamides is 1. The van der Waals surface area contributed by atoms with Crippen molar-refractivity contribution in [3.05, 3.63) is 59.7 Å². The Kier molecular flexibility index (Phi) is 5.29. The molecule has 142 valence electrons. The molecule has 0 aromatic heterocycles. The van der Waals surface area contributed by atoms with E-state index in [2.05, 4.69) is 5.32 Å². The van der Waals surface area contributed by atoms with Gasteiger partial charge in [-0.25, -0.2) is 12.7 Å². The molecule has 1 aliphatic rings. The first-order valence-corrected chi connectivity index (χ1v) is 9.94. The maximum atomic E-state index is 12.4. The lowest BCUT2D eigenvalue weighted by atomic mass is 10.2. The molecule has 1 heterocycles. The van der Waals surface area contributed by atoms with Crippen LogP contribution in [0.3, 0.4) is 0 Å². The van der Waals surface area contributed by atoms with Crippen molar-refractivity contribution < 1.29 is 18.0 Å². The Hall–Kier alpha value is -2.71. The molecule has 0 saturated heterocycles. The predicted octanol–water partition coefficient (Wildman–Crippen LogP) is 1.26. The number of carbonyl (C=O) groups is 2. The summed E-state index contributed by atoms with van der Waals surface area (Å²) in [5.41, 5.74) is 2.30. The van der Waals surface area contributed by atoms with E-state index in [0.717, 1.165) is 22.0 Å². The second kappa shape index (κ2) is 7.50. The molecule has 27 heavy (non-hydrogen) atoms. The van der Waals surface area contributed by atoms with Gasteiger partial charge in [-0.1, -0.05) is 18.2 Å². The Morgan fingerprint density at radius 3 is 2.41 bits per heavy atom. The van der Waals surface area contributed by atoms with Crippen LogP contribution in [0, 0.1) is 0 Å². The van der Waals surface area contributed by atoms with Crippen LogP contribution < -0.4 is 10.2 Å². The summed E-state index contributed by atoms with van der Waals surface area (Å²) in [6.07, 6.45) is 0.803. The zero-order valence-corrected chi connectivity index (χ0v) is 16.0. The number of amides is 2. The van der Waals surface area contributed by atoms with Crippen molar-refractivity contribution in [3.63, 3.8) is 0 Å². The van der Waals surface area contributed by atoms with Crippen LogP contribution in [0.2, 0.25) is 0 Å². The molecule has 0 aliphatic carbocycles. The molecule has 7 nitrogen and oxygen atoms in total. The Balaban J connectivity index is 1.62. The van der Waals surface area contributed by atoms with E-state index in [-0.39, 0.29) is 17.3 Å². The van der Waals surface area contributed by atoms with Gasteiger partial charge in [0.1, 0.15) is 0 Å². The third kappa shape index (κ3) is 3.86. The van der Waals surface area contributed by atoms with Gasteiger partial charge in [-0.3, -0.25) is 9.59 Å². The van der Waals surface area contributed by atoms with Gasteiger partial charge in [0.25, 0.3) is 5.91 Å². The number of hydrogen-bond donors (Lipinski definition) is 1. The molecular weight excluding hydrogens is 366 g/mol. The molecular formula is C19H21N3O4S. The molecule has 2 amide bonds. The molecule has 1 aliphatic heterocycles. The number of rotatable bonds is 5. The first kappa shape index (κ1) is 19.1. The average molecular weight is 387 g/mol. The number of nitrogens with zero attached hydrogens (tertiary/aromatic N) is 2. The lowest BCUT2D eigenvalue weighted by Gasteiger charge is -2.17. The number of para-hydroxylation sites is 1. The van der Waals surface area contributed by atoms with E-state index >= 15 is 0 Å². The molecule has 0 unspecified atom stereocenters. The van der Waals surface area contributed by atoms with Crippen LogP contribution >= 0.6 is 0 Å². The number of benzene rings is 2. The Morgan fingerprint density at radius 1 is 1.07 bits per heavy atom. The van der Waals surface area contributed by atoms with Crippen molar-refractivity contribution in [3.8, 4) is 0 Å². The summed E-state index contributed by atoms with van der Waals surface area (Å²) < 4.78 is 25.2. The molecule has 2 aromatic rings. The molecule has 0 radical (unpaired) electrons. The van der Waals surface area contributed by atoms with Crippen LogP contribution in [0.4, 0.5) is 5.69 Å². The number of hydrogen-bond acceptors (Lipinski definition) is 4. The second-order valence-corrected chi connectivity index (χ2v) is 8.57. The third-order valence-electron chi connectivity index (χ3n) is 4.48. The number of carbonyl (C=O) groups excluding carboxylic acids is 2. The minimum atomic E-state index is -3.54. The van der Waals surface area contributed by atoms with Crippen molar-refractivity contribution in [1.82, 2.24) is 9.62 Å². The summed E-state index contributed by atoms with van der Waals surface area (Å²) in [7, 11) is -0.659. The van der Waals surface area contributed by atoms with Crippen LogP contribution in [0.5, 0.6) is 0 Å². The zero-order chi connectivity index (χ0) is 19.6. The van der Waals surface area contributed by atoms with Gasteiger partial charge < -0.3 is 10.2 Å². The Labute approximate surface area is 158 Å². The van der Waals surface area contributed by atoms with E-state index in [1.807, 2.05) is 24.3 Å². The summed E-state index contributed by atoms with van der Waals surface area (Å²) in [5.74, 6) is -0.607. The highest BCUT2D eigenvalue weighted by molar-refractivity contribution is 7.89. The maximum absolute atomic E-state index is 12.4. The van der Waals surface area contributed by atoms with Crippen LogP contribution in [-0.2, 0) is 21.2 Å². The molecule has 0 atom stereocenters. The molecule has 3 rings (SSSR count). The summed E-state index contributed by atoms with van der Waals surface area (Å²) in [6.45, 7) is 0.482. The van der Waals surface area contributed by atoms with Crippen molar-refractivity contribution >= 4 is 27.5 Å². The summed E-state index contributed by atoms with van der Waals surface area (Å²) >= 11 is 0. The van der Waals surface area contributed by atoms with Crippen LogP contribution in [0.1, 0.15) is 15.9 Å². The standard InChI is InChI=1S/C19H21N3O4S/c1-21(2)27(25,26)16-9-7-15(8-10-16)19(24)20-13-18(23)22-12-11-14-5-3-4-6-17(14)22/h3-10H,11-13H2,1-2H3,(H,20,24).